The molecule has 2 heterocycles. The van der Waals surface area contributed by atoms with Crippen LogP contribution in [-0.4, -0.2) is 47.8 Å². The van der Waals surface area contributed by atoms with E-state index in [9.17, 15) is 4.79 Å². The van der Waals surface area contributed by atoms with Crippen LogP contribution in [0.4, 0.5) is 0 Å². The number of ether oxygens (including phenoxy) is 1. The molecule has 1 aliphatic heterocycles. The van der Waals surface area contributed by atoms with Crippen LogP contribution in [0.15, 0.2) is 34.7 Å². The molecule has 0 saturated carbocycles. The SMILES string of the molecule is COC[C@@H]1CN(C(=O)CC(C)C)C[C@H]1c1nnc(-c2ccccc2)o1. The van der Waals surface area contributed by atoms with E-state index in [0.717, 1.165) is 5.56 Å². The van der Waals surface area contributed by atoms with Crippen molar-refractivity contribution in [3.05, 3.63) is 36.2 Å². The quantitative estimate of drug-likeness (QED) is 0.806. The lowest BCUT2D eigenvalue weighted by atomic mass is 9.97. The summed E-state index contributed by atoms with van der Waals surface area (Å²) in [6.07, 6.45) is 0.561. The molecular formula is C19H25N3O3. The minimum absolute atomic E-state index is 0.0148. The van der Waals surface area contributed by atoms with Crippen LogP contribution in [0.1, 0.15) is 32.1 Å². The Kier molecular flexibility index (Phi) is 5.48. The van der Waals surface area contributed by atoms with Gasteiger partial charge in [0, 0.05) is 38.1 Å². The third-order valence-corrected chi connectivity index (χ3v) is 4.54. The van der Waals surface area contributed by atoms with Gasteiger partial charge in [0.15, 0.2) is 0 Å². The van der Waals surface area contributed by atoms with Crippen molar-refractivity contribution in [1.82, 2.24) is 15.1 Å². The topological polar surface area (TPSA) is 68.5 Å². The summed E-state index contributed by atoms with van der Waals surface area (Å²) < 4.78 is 11.3. The Hall–Kier alpha value is -2.21. The largest absolute Gasteiger partial charge is 0.420 e. The molecule has 6 heteroatoms. The number of benzene rings is 1. The summed E-state index contributed by atoms with van der Waals surface area (Å²) in [5.41, 5.74) is 0.898. The number of methoxy groups -OCH3 is 1. The zero-order valence-corrected chi connectivity index (χ0v) is 15.0. The monoisotopic (exact) mass is 343 g/mol. The fourth-order valence-electron chi connectivity index (χ4n) is 3.30. The summed E-state index contributed by atoms with van der Waals surface area (Å²) in [5.74, 6) is 1.81. The second kappa shape index (κ2) is 7.78. The summed E-state index contributed by atoms with van der Waals surface area (Å²) >= 11 is 0. The van der Waals surface area contributed by atoms with Crippen LogP contribution in [0.5, 0.6) is 0 Å². The van der Waals surface area contributed by atoms with Gasteiger partial charge in [-0.2, -0.15) is 0 Å². The maximum absolute atomic E-state index is 12.4. The van der Waals surface area contributed by atoms with Crippen LogP contribution in [0.3, 0.4) is 0 Å². The number of carbonyl (C=O) groups is 1. The Morgan fingerprint density at radius 3 is 2.72 bits per heavy atom. The fraction of sp³-hybridized carbons (Fsp3) is 0.526. The zero-order valence-electron chi connectivity index (χ0n) is 15.0. The fourth-order valence-corrected chi connectivity index (χ4v) is 3.30. The number of rotatable bonds is 6. The first-order valence-corrected chi connectivity index (χ1v) is 8.74. The van der Waals surface area contributed by atoms with Crippen molar-refractivity contribution in [3.8, 4) is 11.5 Å². The molecule has 0 N–H and O–H groups in total. The highest BCUT2D eigenvalue weighted by Gasteiger charge is 2.39. The lowest BCUT2D eigenvalue weighted by Gasteiger charge is -2.17. The first-order valence-electron chi connectivity index (χ1n) is 8.74. The molecule has 2 aromatic rings. The maximum atomic E-state index is 12.4. The number of amides is 1. The molecule has 134 valence electrons. The Morgan fingerprint density at radius 2 is 2.04 bits per heavy atom. The molecule has 0 aliphatic carbocycles. The third kappa shape index (κ3) is 4.07. The molecule has 0 unspecified atom stereocenters. The van der Waals surface area contributed by atoms with Crippen LogP contribution < -0.4 is 0 Å². The van der Waals surface area contributed by atoms with Gasteiger partial charge in [-0.1, -0.05) is 32.0 Å². The number of aromatic nitrogens is 2. The van der Waals surface area contributed by atoms with Crippen molar-refractivity contribution < 1.29 is 13.9 Å². The predicted octanol–water partition coefficient (Wildman–Crippen LogP) is 2.97. The van der Waals surface area contributed by atoms with Crippen molar-refractivity contribution in [2.24, 2.45) is 11.8 Å². The van der Waals surface area contributed by atoms with Crippen molar-refractivity contribution in [3.63, 3.8) is 0 Å². The van der Waals surface area contributed by atoms with Gasteiger partial charge < -0.3 is 14.1 Å². The van der Waals surface area contributed by atoms with Gasteiger partial charge in [0.2, 0.25) is 17.7 Å². The molecule has 25 heavy (non-hydrogen) atoms. The minimum Gasteiger partial charge on any atom is -0.420 e. The van der Waals surface area contributed by atoms with Gasteiger partial charge in [0.25, 0.3) is 0 Å². The Balaban J connectivity index is 1.77. The molecule has 1 amide bonds. The number of carbonyl (C=O) groups excluding carboxylic acids is 1. The van der Waals surface area contributed by atoms with Crippen LogP contribution >= 0.6 is 0 Å². The molecule has 1 aromatic heterocycles. The number of likely N-dealkylation sites (tertiary alicyclic amines) is 1. The highest BCUT2D eigenvalue weighted by Crippen LogP contribution is 2.34. The second-order valence-corrected chi connectivity index (χ2v) is 7.03. The summed E-state index contributed by atoms with van der Waals surface area (Å²) in [6.45, 7) is 5.97. The molecule has 1 fully saturated rings. The summed E-state index contributed by atoms with van der Waals surface area (Å²) in [7, 11) is 1.68. The Bertz CT molecular complexity index is 699. The van der Waals surface area contributed by atoms with E-state index in [2.05, 4.69) is 24.0 Å². The van der Waals surface area contributed by atoms with Crippen LogP contribution in [0, 0.1) is 11.8 Å². The molecule has 1 aromatic carbocycles. The van der Waals surface area contributed by atoms with E-state index >= 15 is 0 Å². The first kappa shape index (κ1) is 17.6. The van der Waals surface area contributed by atoms with Gasteiger partial charge in [-0.15, -0.1) is 10.2 Å². The lowest BCUT2D eigenvalue weighted by Crippen LogP contribution is -2.30. The molecule has 1 aliphatic rings. The van der Waals surface area contributed by atoms with Crippen molar-refractivity contribution in [2.75, 3.05) is 26.8 Å². The van der Waals surface area contributed by atoms with Crippen LogP contribution in [0.25, 0.3) is 11.5 Å². The van der Waals surface area contributed by atoms with Crippen molar-refractivity contribution >= 4 is 5.91 Å². The van der Waals surface area contributed by atoms with Crippen molar-refractivity contribution in [2.45, 2.75) is 26.2 Å². The van der Waals surface area contributed by atoms with Gasteiger partial charge in [0.1, 0.15) is 0 Å². The maximum Gasteiger partial charge on any atom is 0.247 e. The molecule has 3 rings (SSSR count). The van der Waals surface area contributed by atoms with Gasteiger partial charge in [-0.25, -0.2) is 0 Å². The predicted molar refractivity (Wildman–Crippen MR) is 93.9 cm³/mol. The average molecular weight is 343 g/mol. The van der Waals surface area contributed by atoms with E-state index in [-0.39, 0.29) is 17.7 Å². The van der Waals surface area contributed by atoms with E-state index in [1.807, 2.05) is 35.2 Å². The van der Waals surface area contributed by atoms with E-state index in [4.69, 9.17) is 9.15 Å². The van der Waals surface area contributed by atoms with Gasteiger partial charge >= 0.3 is 0 Å². The minimum atomic E-state index is 0.0148. The summed E-state index contributed by atoms with van der Waals surface area (Å²) in [6, 6.07) is 9.71. The Morgan fingerprint density at radius 1 is 1.28 bits per heavy atom. The number of nitrogens with zero attached hydrogens (tertiary/aromatic N) is 3. The highest BCUT2D eigenvalue weighted by atomic mass is 16.5. The normalized spacial score (nSPS) is 20.4. The van der Waals surface area contributed by atoms with Gasteiger partial charge in [-0.3, -0.25) is 4.79 Å². The van der Waals surface area contributed by atoms with E-state index in [1.54, 1.807) is 7.11 Å². The van der Waals surface area contributed by atoms with Gasteiger partial charge in [-0.05, 0) is 18.1 Å². The van der Waals surface area contributed by atoms with Crippen molar-refractivity contribution in [1.29, 1.82) is 0 Å². The number of hydrogen-bond donors (Lipinski definition) is 0. The smallest absolute Gasteiger partial charge is 0.247 e. The molecule has 0 bridgehead atoms. The molecule has 6 nitrogen and oxygen atoms in total. The van der Waals surface area contributed by atoms with E-state index < -0.39 is 0 Å². The molecular weight excluding hydrogens is 318 g/mol. The highest BCUT2D eigenvalue weighted by molar-refractivity contribution is 5.76. The second-order valence-electron chi connectivity index (χ2n) is 7.03. The van der Waals surface area contributed by atoms with E-state index in [0.29, 0.717) is 43.8 Å². The number of hydrogen-bond acceptors (Lipinski definition) is 5. The first-order chi connectivity index (χ1) is 12.1. The molecule has 1 saturated heterocycles. The van der Waals surface area contributed by atoms with E-state index in [1.165, 1.54) is 0 Å². The molecule has 0 radical (unpaired) electrons. The average Bonchev–Trinajstić information content (AvgIpc) is 3.22. The standard InChI is InChI=1S/C19H25N3O3/c1-13(2)9-17(23)22-10-15(12-24-3)16(11-22)19-21-20-18(25-19)14-7-5-4-6-8-14/h4-8,13,15-16H,9-12H2,1-3H3/t15-,16+/m0/s1. The van der Waals surface area contributed by atoms with Crippen LogP contribution in [0.2, 0.25) is 0 Å². The molecule has 0 spiro atoms. The zero-order chi connectivity index (χ0) is 17.8. The third-order valence-electron chi connectivity index (χ3n) is 4.54. The molecule has 2 atom stereocenters. The Labute approximate surface area is 148 Å². The van der Waals surface area contributed by atoms with Crippen LogP contribution in [-0.2, 0) is 9.53 Å². The summed E-state index contributed by atoms with van der Waals surface area (Å²) in [5, 5.41) is 8.43. The lowest BCUT2D eigenvalue weighted by molar-refractivity contribution is -0.131. The summed E-state index contributed by atoms with van der Waals surface area (Å²) in [4.78, 5) is 14.3. The van der Waals surface area contributed by atoms with Gasteiger partial charge in [0.05, 0.1) is 12.5 Å².